The Hall–Kier alpha value is -1.72. The predicted octanol–water partition coefficient (Wildman–Crippen LogP) is 1.38. The van der Waals surface area contributed by atoms with Gasteiger partial charge in [-0.15, -0.1) is 11.3 Å². The van der Waals surface area contributed by atoms with E-state index in [1.165, 1.54) is 11.3 Å². The summed E-state index contributed by atoms with van der Waals surface area (Å²) >= 11 is 1.50. The molecule has 0 spiro atoms. The summed E-state index contributed by atoms with van der Waals surface area (Å²) in [5.41, 5.74) is -0.660. The van der Waals surface area contributed by atoms with E-state index in [0.29, 0.717) is 18.1 Å². The van der Waals surface area contributed by atoms with Gasteiger partial charge >= 0.3 is 0 Å². The summed E-state index contributed by atoms with van der Waals surface area (Å²) in [5.74, 6) is 0.587. The van der Waals surface area contributed by atoms with Crippen molar-refractivity contribution in [3.8, 4) is 0 Å². The zero-order valence-corrected chi connectivity index (χ0v) is 10.5. The number of aromatic nitrogens is 1. The summed E-state index contributed by atoms with van der Waals surface area (Å²) < 4.78 is 0. The Kier molecular flexibility index (Phi) is 2.85. The van der Waals surface area contributed by atoms with Crippen LogP contribution in [-0.4, -0.2) is 29.0 Å². The minimum absolute atomic E-state index is 0.587. The minimum Gasteiger partial charge on any atom is -0.371 e. The topological polar surface area (TPSA) is 57.5 Å². The Labute approximate surface area is 109 Å². The predicted molar refractivity (Wildman–Crippen MR) is 71.9 cm³/mol. The summed E-state index contributed by atoms with van der Waals surface area (Å²) in [4.78, 5) is 9.48. The molecule has 2 aromatic heterocycles. The maximum atomic E-state index is 11.1. The highest BCUT2D eigenvalue weighted by molar-refractivity contribution is 7.10. The largest absolute Gasteiger partial charge is 0.371 e. The molecule has 2 N–H and O–H groups in total. The number of aliphatic imine (C=N–C) groups is 1. The summed E-state index contributed by atoms with van der Waals surface area (Å²) in [6.45, 7) is 1.45. The molecule has 0 aliphatic carbocycles. The van der Waals surface area contributed by atoms with E-state index < -0.39 is 5.60 Å². The van der Waals surface area contributed by atoms with E-state index in [1.54, 1.807) is 6.20 Å². The molecule has 1 atom stereocenters. The molecule has 0 radical (unpaired) electrons. The minimum atomic E-state index is -1.26. The van der Waals surface area contributed by atoms with Crippen LogP contribution in [0.25, 0.3) is 0 Å². The third-order valence-corrected chi connectivity index (χ3v) is 3.91. The lowest BCUT2D eigenvalue weighted by molar-refractivity contribution is 0.151. The molecule has 4 nitrogen and oxygen atoms in total. The van der Waals surface area contributed by atoms with Gasteiger partial charge in [0.25, 0.3) is 0 Å². The number of thiophene rings is 1. The van der Waals surface area contributed by atoms with E-state index in [1.807, 2.05) is 35.7 Å². The van der Waals surface area contributed by atoms with Gasteiger partial charge in [-0.05, 0) is 23.6 Å². The summed E-state index contributed by atoms with van der Waals surface area (Å²) in [7, 11) is 0. The molecular formula is C13H13N3OS. The summed E-state index contributed by atoms with van der Waals surface area (Å²) in [5, 5.41) is 16.2. The Balaban J connectivity index is 2.15. The van der Waals surface area contributed by atoms with E-state index in [-0.39, 0.29) is 0 Å². The highest BCUT2D eigenvalue weighted by Gasteiger charge is 2.41. The maximum absolute atomic E-state index is 11.1. The monoisotopic (exact) mass is 259 g/mol. The van der Waals surface area contributed by atoms with Crippen molar-refractivity contribution in [1.82, 2.24) is 10.3 Å². The first-order chi connectivity index (χ1) is 8.82. The number of rotatable bonds is 3. The zero-order valence-electron chi connectivity index (χ0n) is 9.71. The Bertz CT molecular complexity index is 553. The van der Waals surface area contributed by atoms with Gasteiger partial charge in [-0.3, -0.25) is 9.98 Å². The molecule has 18 heavy (non-hydrogen) atoms. The Morgan fingerprint density at radius 3 is 2.83 bits per heavy atom. The molecule has 1 aliphatic rings. The van der Waals surface area contributed by atoms with Crippen molar-refractivity contribution in [1.29, 1.82) is 0 Å². The van der Waals surface area contributed by atoms with Crippen molar-refractivity contribution in [2.75, 3.05) is 13.1 Å². The summed E-state index contributed by atoms with van der Waals surface area (Å²) in [6.07, 6.45) is 1.68. The highest BCUT2D eigenvalue weighted by atomic mass is 32.1. The first-order valence-corrected chi connectivity index (χ1v) is 6.66. The van der Waals surface area contributed by atoms with Crippen molar-refractivity contribution in [2.24, 2.45) is 4.99 Å². The molecule has 3 rings (SSSR count). The number of hydrogen-bond acceptors (Lipinski definition) is 5. The standard InChI is InChI=1S/C13H13N3OS/c17-13(11-5-3-9-18-11,12-15-7-8-16-12)10-4-1-2-6-14-10/h1-6,9,17H,7-8H2,(H,15,16). The molecule has 92 valence electrons. The van der Waals surface area contributed by atoms with E-state index in [2.05, 4.69) is 15.3 Å². The summed E-state index contributed by atoms with van der Waals surface area (Å²) in [6, 6.07) is 9.35. The van der Waals surface area contributed by atoms with Crippen molar-refractivity contribution < 1.29 is 5.11 Å². The van der Waals surface area contributed by atoms with Gasteiger partial charge in [0.05, 0.1) is 12.2 Å². The molecule has 0 aromatic carbocycles. The number of hydrogen-bond donors (Lipinski definition) is 2. The molecule has 0 saturated carbocycles. The van der Waals surface area contributed by atoms with Gasteiger partial charge in [0, 0.05) is 17.6 Å². The Morgan fingerprint density at radius 1 is 1.28 bits per heavy atom. The SMILES string of the molecule is OC(C1=NCCN1)(c1ccccn1)c1cccs1. The van der Waals surface area contributed by atoms with Crippen LogP contribution < -0.4 is 5.32 Å². The van der Waals surface area contributed by atoms with Gasteiger partial charge in [-0.25, -0.2) is 0 Å². The molecular weight excluding hydrogens is 246 g/mol. The fourth-order valence-corrected chi connectivity index (χ4v) is 2.90. The second-order valence-electron chi connectivity index (χ2n) is 4.06. The van der Waals surface area contributed by atoms with Crippen molar-refractivity contribution >= 4 is 17.2 Å². The van der Waals surface area contributed by atoms with Crippen LogP contribution >= 0.6 is 11.3 Å². The molecule has 0 fully saturated rings. The van der Waals surface area contributed by atoms with Crippen LogP contribution in [0.5, 0.6) is 0 Å². The number of amidine groups is 1. The third kappa shape index (κ3) is 1.72. The lowest BCUT2D eigenvalue weighted by atomic mass is 9.95. The van der Waals surface area contributed by atoms with Crippen LogP contribution in [0.1, 0.15) is 10.6 Å². The lowest BCUT2D eigenvalue weighted by Gasteiger charge is -2.26. The second-order valence-corrected chi connectivity index (χ2v) is 5.01. The van der Waals surface area contributed by atoms with Gasteiger partial charge < -0.3 is 10.4 Å². The van der Waals surface area contributed by atoms with Crippen LogP contribution in [-0.2, 0) is 5.60 Å². The van der Waals surface area contributed by atoms with Crippen LogP contribution in [0, 0.1) is 0 Å². The molecule has 0 amide bonds. The molecule has 0 saturated heterocycles. The van der Waals surface area contributed by atoms with E-state index in [9.17, 15) is 5.11 Å². The molecule has 2 aromatic rings. The van der Waals surface area contributed by atoms with Gasteiger partial charge in [0.2, 0.25) is 0 Å². The van der Waals surface area contributed by atoms with Gasteiger partial charge in [-0.1, -0.05) is 12.1 Å². The van der Waals surface area contributed by atoms with E-state index in [4.69, 9.17) is 0 Å². The van der Waals surface area contributed by atoms with Gasteiger partial charge in [-0.2, -0.15) is 0 Å². The molecule has 1 unspecified atom stereocenters. The molecule has 3 heterocycles. The van der Waals surface area contributed by atoms with Crippen molar-refractivity contribution in [2.45, 2.75) is 5.60 Å². The number of pyridine rings is 1. The third-order valence-electron chi connectivity index (χ3n) is 2.93. The molecule has 0 bridgehead atoms. The maximum Gasteiger partial charge on any atom is 0.198 e. The van der Waals surface area contributed by atoms with Crippen LogP contribution in [0.15, 0.2) is 46.9 Å². The quantitative estimate of drug-likeness (QED) is 0.875. The lowest BCUT2D eigenvalue weighted by Crippen LogP contribution is -2.43. The number of aliphatic hydroxyl groups is 1. The van der Waals surface area contributed by atoms with E-state index >= 15 is 0 Å². The van der Waals surface area contributed by atoms with Crippen LogP contribution in [0.4, 0.5) is 0 Å². The number of nitrogens with one attached hydrogen (secondary N) is 1. The van der Waals surface area contributed by atoms with Crippen LogP contribution in [0.3, 0.4) is 0 Å². The first kappa shape index (κ1) is 11.4. The number of nitrogens with zero attached hydrogens (tertiary/aromatic N) is 2. The fraction of sp³-hybridized carbons (Fsp3) is 0.231. The Morgan fingerprint density at radius 2 is 2.22 bits per heavy atom. The fourth-order valence-electron chi connectivity index (χ4n) is 2.07. The van der Waals surface area contributed by atoms with Gasteiger partial charge in [0.1, 0.15) is 5.84 Å². The normalized spacial score (nSPS) is 17.9. The smallest absolute Gasteiger partial charge is 0.198 e. The average molecular weight is 259 g/mol. The molecule has 1 aliphatic heterocycles. The second kappa shape index (κ2) is 4.51. The van der Waals surface area contributed by atoms with Gasteiger partial charge in [0.15, 0.2) is 5.60 Å². The molecule has 5 heteroatoms. The average Bonchev–Trinajstić information content (AvgIpc) is 3.12. The van der Waals surface area contributed by atoms with Crippen LogP contribution in [0.2, 0.25) is 0 Å². The zero-order chi connectivity index (χ0) is 12.4. The van der Waals surface area contributed by atoms with Crippen molar-refractivity contribution in [3.63, 3.8) is 0 Å². The highest BCUT2D eigenvalue weighted by Crippen LogP contribution is 2.33. The van der Waals surface area contributed by atoms with Crippen molar-refractivity contribution in [3.05, 3.63) is 52.5 Å². The van der Waals surface area contributed by atoms with E-state index in [0.717, 1.165) is 11.4 Å². The first-order valence-electron chi connectivity index (χ1n) is 5.78.